The highest BCUT2D eigenvalue weighted by atomic mass is 35.5. The Hall–Kier alpha value is -1.96. The average molecular weight is 422 g/mol. The van der Waals surface area contributed by atoms with Crippen molar-refractivity contribution in [1.29, 1.82) is 0 Å². The first kappa shape index (κ1) is 20.8. The van der Waals surface area contributed by atoms with E-state index in [2.05, 4.69) is 9.88 Å². The Bertz CT molecular complexity index is 845. The van der Waals surface area contributed by atoms with Gasteiger partial charge in [0.15, 0.2) is 0 Å². The average Bonchev–Trinajstić information content (AvgIpc) is 3.02. The molecule has 1 aliphatic heterocycles. The number of hydrogen-bond acceptors (Lipinski definition) is 6. The fraction of sp³-hybridized carbons (Fsp3) is 0.450. The molecule has 28 heavy (non-hydrogen) atoms. The SMILES string of the molecule is CCOC(=O)[C@H](c1ccc(Cl)cc1)N1CCN(C(=O)c2sc(C)nc2C)CC1. The van der Waals surface area contributed by atoms with Crippen molar-refractivity contribution in [2.24, 2.45) is 0 Å². The number of carbonyl (C=O) groups excluding carboxylic acids is 2. The lowest BCUT2D eigenvalue weighted by molar-refractivity contribution is -0.150. The molecule has 6 nitrogen and oxygen atoms in total. The van der Waals surface area contributed by atoms with Crippen LogP contribution in [0.4, 0.5) is 0 Å². The summed E-state index contributed by atoms with van der Waals surface area (Å²) < 4.78 is 5.30. The molecule has 0 unspecified atom stereocenters. The third-order valence-electron chi connectivity index (χ3n) is 4.76. The van der Waals surface area contributed by atoms with Crippen molar-refractivity contribution >= 4 is 34.8 Å². The van der Waals surface area contributed by atoms with Crippen LogP contribution >= 0.6 is 22.9 Å². The summed E-state index contributed by atoms with van der Waals surface area (Å²) in [7, 11) is 0. The summed E-state index contributed by atoms with van der Waals surface area (Å²) in [5.74, 6) is -0.263. The molecule has 0 aliphatic carbocycles. The van der Waals surface area contributed by atoms with Crippen LogP contribution in [-0.2, 0) is 9.53 Å². The van der Waals surface area contributed by atoms with E-state index in [9.17, 15) is 9.59 Å². The molecule has 1 atom stereocenters. The van der Waals surface area contributed by atoms with Crippen LogP contribution in [-0.4, -0.2) is 59.4 Å². The molecule has 150 valence electrons. The number of esters is 1. The lowest BCUT2D eigenvalue weighted by Gasteiger charge is -2.38. The van der Waals surface area contributed by atoms with Gasteiger partial charge in [-0.25, -0.2) is 9.78 Å². The Morgan fingerprint density at radius 1 is 1.18 bits per heavy atom. The summed E-state index contributed by atoms with van der Waals surface area (Å²) in [6, 6.07) is 6.76. The molecule has 3 rings (SSSR count). The molecule has 1 aliphatic rings. The minimum absolute atomic E-state index is 0.0157. The Morgan fingerprint density at radius 3 is 2.36 bits per heavy atom. The van der Waals surface area contributed by atoms with Gasteiger partial charge in [-0.15, -0.1) is 11.3 Å². The third-order valence-corrected chi connectivity index (χ3v) is 6.07. The van der Waals surface area contributed by atoms with Gasteiger partial charge in [-0.3, -0.25) is 9.69 Å². The second kappa shape index (κ2) is 9.03. The van der Waals surface area contributed by atoms with Gasteiger partial charge in [0.1, 0.15) is 10.9 Å². The fourth-order valence-electron chi connectivity index (χ4n) is 3.42. The number of rotatable bonds is 5. The van der Waals surface area contributed by atoms with E-state index in [1.54, 1.807) is 19.1 Å². The van der Waals surface area contributed by atoms with Crippen LogP contribution < -0.4 is 0 Å². The minimum atomic E-state index is -0.498. The first-order valence-corrected chi connectivity index (χ1v) is 10.5. The molecular weight excluding hydrogens is 398 g/mol. The van der Waals surface area contributed by atoms with Gasteiger partial charge in [-0.2, -0.15) is 0 Å². The molecule has 1 fully saturated rings. The molecule has 1 aromatic carbocycles. The number of amides is 1. The second-order valence-electron chi connectivity index (χ2n) is 6.68. The highest BCUT2D eigenvalue weighted by Crippen LogP contribution is 2.26. The van der Waals surface area contributed by atoms with Crippen LogP contribution in [0.2, 0.25) is 5.02 Å². The van der Waals surface area contributed by atoms with Crippen molar-refractivity contribution in [3.8, 4) is 0 Å². The number of aromatic nitrogens is 1. The maximum Gasteiger partial charge on any atom is 0.328 e. The minimum Gasteiger partial charge on any atom is -0.465 e. The van der Waals surface area contributed by atoms with Crippen LogP contribution in [0.5, 0.6) is 0 Å². The molecule has 2 heterocycles. The number of thiazole rings is 1. The normalized spacial score (nSPS) is 16.1. The van der Waals surface area contributed by atoms with E-state index in [1.165, 1.54) is 11.3 Å². The fourth-order valence-corrected chi connectivity index (χ4v) is 4.43. The van der Waals surface area contributed by atoms with E-state index in [0.717, 1.165) is 16.3 Å². The zero-order chi connectivity index (χ0) is 20.3. The first-order valence-electron chi connectivity index (χ1n) is 9.30. The molecule has 0 bridgehead atoms. The van der Waals surface area contributed by atoms with Gasteiger partial charge in [-0.05, 0) is 38.5 Å². The Labute approximate surface area is 174 Å². The molecule has 1 saturated heterocycles. The number of aryl methyl sites for hydroxylation is 2. The summed E-state index contributed by atoms with van der Waals surface area (Å²) in [6.07, 6.45) is 0. The number of hydrogen-bond donors (Lipinski definition) is 0. The smallest absolute Gasteiger partial charge is 0.328 e. The summed E-state index contributed by atoms with van der Waals surface area (Å²) in [4.78, 5) is 34.4. The van der Waals surface area contributed by atoms with Gasteiger partial charge in [0.05, 0.1) is 17.3 Å². The molecule has 0 spiro atoms. The quantitative estimate of drug-likeness (QED) is 0.691. The van der Waals surface area contributed by atoms with Gasteiger partial charge < -0.3 is 9.64 Å². The van der Waals surface area contributed by atoms with E-state index in [-0.39, 0.29) is 11.9 Å². The van der Waals surface area contributed by atoms with Gasteiger partial charge in [0, 0.05) is 31.2 Å². The van der Waals surface area contributed by atoms with E-state index >= 15 is 0 Å². The Morgan fingerprint density at radius 2 is 1.82 bits per heavy atom. The predicted octanol–water partition coefficient (Wildman–Crippen LogP) is 3.48. The maximum atomic E-state index is 12.8. The first-order chi connectivity index (χ1) is 13.4. The summed E-state index contributed by atoms with van der Waals surface area (Å²) >= 11 is 7.42. The summed E-state index contributed by atoms with van der Waals surface area (Å²) in [6.45, 7) is 8.19. The number of benzene rings is 1. The number of nitrogens with zero attached hydrogens (tertiary/aromatic N) is 3. The highest BCUT2D eigenvalue weighted by molar-refractivity contribution is 7.13. The largest absolute Gasteiger partial charge is 0.465 e. The van der Waals surface area contributed by atoms with E-state index in [1.807, 2.05) is 30.9 Å². The van der Waals surface area contributed by atoms with Crippen LogP contribution in [0.25, 0.3) is 0 Å². The van der Waals surface area contributed by atoms with Crippen molar-refractivity contribution in [2.45, 2.75) is 26.8 Å². The third kappa shape index (κ3) is 4.54. The van der Waals surface area contributed by atoms with E-state index in [0.29, 0.717) is 42.7 Å². The van der Waals surface area contributed by atoms with Crippen LogP contribution in [0, 0.1) is 13.8 Å². The van der Waals surface area contributed by atoms with Crippen molar-refractivity contribution in [2.75, 3.05) is 32.8 Å². The number of carbonyl (C=O) groups is 2. The molecule has 0 saturated carbocycles. The van der Waals surface area contributed by atoms with Gasteiger partial charge >= 0.3 is 5.97 Å². The van der Waals surface area contributed by atoms with Crippen molar-refractivity contribution < 1.29 is 14.3 Å². The van der Waals surface area contributed by atoms with E-state index in [4.69, 9.17) is 16.3 Å². The number of ether oxygens (including phenoxy) is 1. The van der Waals surface area contributed by atoms with Gasteiger partial charge in [0.2, 0.25) is 0 Å². The van der Waals surface area contributed by atoms with Gasteiger partial charge in [0.25, 0.3) is 5.91 Å². The molecular formula is C20H24ClN3O3S. The van der Waals surface area contributed by atoms with E-state index < -0.39 is 6.04 Å². The molecule has 8 heteroatoms. The van der Waals surface area contributed by atoms with Crippen LogP contribution in [0.15, 0.2) is 24.3 Å². The Balaban J connectivity index is 1.72. The molecule has 2 aromatic rings. The van der Waals surface area contributed by atoms with Gasteiger partial charge in [-0.1, -0.05) is 23.7 Å². The molecule has 1 aromatic heterocycles. The summed E-state index contributed by atoms with van der Waals surface area (Å²) in [5.41, 5.74) is 1.62. The second-order valence-corrected chi connectivity index (χ2v) is 8.32. The van der Waals surface area contributed by atoms with Crippen LogP contribution in [0.3, 0.4) is 0 Å². The number of halogens is 1. The zero-order valence-corrected chi connectivity index (χ0v) is 17.8. The Kier molecular flexibility index (Phi) is 6.69. The van der Waals surface area contributed by atoms with Crippen LogP contribution in [0.1, 0.15) is 38.9 Å². The zero-order valence-electron chi connectivity index (χ0n) is 16.3. The molecule has 0 N–H and O–H groups in total. The molecule has 1 amide bonds. The monoisotopic (exact) mass is 421 g/mol. The predicted molar refractivity (Wildman–Crippen MR) is 110 cm³/mol. The standard InChI is InChI=1S/C20H24ClN3O3S/c1-4-27-20(26)17(15-5-7-16(21)8-6-15)23-9-11-24(12-10-23)19(25)18-13(2)22-14(3)28-18/h5-8,17H,4,9-12H2,1-3H3/t17-/m0/s1. The van der Waals surface area contributed by atoms with Crippen molar-refractivity contribution in [1.82, 2.24) is 14.8 Å². The lowest BCUT2D eigenvalue weighted by atomic mass is 10.0. The molecule has 0 radical (unpaired) electrons. The topological polar surface area (TPSA) is 62.7 Å². The highest BCUT2D eigenvalue weighted by Gasteiger charge is 2.33. The lowest BCUT2D eigenvalue weighted by Crippen LogP contribution is -2.51. The maximum absolute atomic E-state index is 12.8. The van der Waals surface area contributed by atoms with Crippen molar-refractivity contribution in [3.63, 3.8) is 0 Å². The van der Waals surface area contributed by atoms with Crippen molar-refractivity contribution in [3.05, 3.63) is 50.4 Å². The summed E-state index contributed by atoms with van der Waals surface area (Å²) in [5, 5.41) is 1.52. The number of piperazine rings is 1.